The van der Waals surface area contributed by atoms with Crippen LogP contribution in [0.4, 0.5) is 19.3 Å². The summed E-state index contributed by atoms with van der Waals surface area (Å²) < 4.78 is 27.4. The second-order valence-corrected chi connectivity index (χ2v) is 5.18. The Balaban J connectivity index is 2.13. The van der Waals surface area contributed by atoms with Gasteiger partial charge in [0.05, 0.1) is 0 Å². The molecule has 0 spiro atoms. The molecule has 19 heavy (non-hydrogen) atoms. The lowest BCUT2D eigenvalue weighted by Gasteiger charge is -2.31. The molecular formula is C14H18F2N2O. The van der Waals surface area contributed by atoms with Crippen molar-refractivity contribution in [3.8, 4) is 0 Å². The number of halogens is 2. The van der Waals surface area contributed by atoms with E-state index in [1.807, 2.05) is 0 Å². The highest BCUT2D eigenvalue weighted by Gasteiger charge is 2.23. The highest BCUT2D eigenvalue weighted by atomic mass is 19.1. The molecule has 1 aromatic carbocycles. The second kappa shape index (κ2) is 5.55. The maximum absolute atomic E-state index is 13.8. The minimum atomic E-state index is -0.749. The Morgan fingerprint density at radius 3 is 2.84 bits per heavy atom. The summed E-state index contributed by atoms with van der Waals surface area (Å²) in [4.78, 5) is 13.6. The summed E-state index contributed by atoms with van der Waals surface area (Å²) in [7, 11) is 0. The van der Waals surface area contributed by atoms with E-state index in [0.717, 1.165) is 18.9 Å². The van der Waals surface area contributed by atoms with E-state index in [4.69, 9.17) is 0 Å². The predicted octanol–water partition coefficient (Wildman–Crippen LogP) is 3.54. The fourth-order valence-corrected chi connectivity index (χ4v) is 2.33. The van der Waals surface area contributed by atoms with Crippen molar-refractivity contribution in [2.45, 2.75) is 26.7 Å². The average molecular weight is 268 g/mol. The lowest BCUT2D eigenvalue weighted by molar-refractivity contribution is 0.182. The first-order chi connectivity index (χ1) is 8.99. The molecule has 2 amide bonds. The molecular weight excluding hydrogens is 250 g/mol. The molecule has 0 aromatic heterocycles. The number of urea groups is 1. The van der Waals surface area contributed by atoms with E-state index in [0.29, 0.717) is 24.6 Å². The van der Waals surface area contributed by atoms with Crippen LogP contribution in [0.5, 0.6) is 0 Å². The van der Waals surface area contributed by atoms with Crippen LogP contribution in [0.25, 0.3) is 0 Å². The van der Waals surface area contributed by atoms with E-state index in [9.17, 15) is 13.6 Å². The summed E-state index contributed by atoms with van der Waals surface area (Å²) in [6.45, 7) is 4.85. The third kappa shape index (κ3) is 3.03. The number of aryl methyl sites for hydroxylation is 1. The third-order valence-corrected chi connectivity index (χ3v) is 3.46. The van der Waals surface area contributed by atoms with Gasteiger partial charge in [0.25, 0.3) is 0 Å². The minimum absolute atomic E-state index is 0.309. The molecule has 104 valence electrons. The van der Waals surface area contributed by atoms with E-state index in [2.05, 4.69) is 12.2 Å². The maximum atomic E-state index is 13.8. The van der Waals surface area contributed by atoms with Crippen molar-refractivity contribution >= 4 is 11.7 Å². The van der Waals surface area contributed by atoms with Crippen molar-refractivity contribution in [1.29, 1.82) is 0 Å². The third-order valence-electron chi connectivity index (χ3n) is 3.46. The number of carbonyl (C=O) groups excluding carboxylic acids is 1. The highest BCUT2D eigenvalue weighted by molar-refractivity contribution is 5.89. The Kier molecular flexibility index (Phi) is 4.02. The van der Waals surface area contributed by atoms with E-state index in [-0.39, 0.29) is 5.69 Å². The Bertz CT molecular complexity index is 491. The fourth-order valence-electron chi connectivity index (χ4n) is 2.33. The molecule has 0 bridgehead atoms. The highest BCUT2D eigenvalue weighted by Crippen LogP contribution is 2.23. The van der Waals surface area contributed by atoms with Gasteiger partial charge in [0.1, 0.15) is 11.5 Å². The summed E-state index contributed by atoms with van der Waals surface area (Å²) in [5.41, 5.74) is -0.0491. The molecule has 1 atom stereocenters. The lowest BCUT2D eigenvalue weighted by Crippen LogP contribution is -2.41. The van der Waals surface area contributed by atoms with Gasteiger partial charge in [0.15, 0.2) is 5.82 Å². The fraction of sp³-hybridized carbons (Fsp3) is 0.500. The Hall–Kier alpha value is -1.65. The molecule has 1 fully saturated rings. The molecule has 1 aliphatic heterocycles. The summed E-state index contributed by atoms with van der Waals surface area (Å²) in [6, 6.07) is 2.07. The molecule has 2 rings (SSSR count). The van der Waals surface area contributed by atoms with Crippen LogP contribution in [0.2, 0.25) is 0 Å². The molecule has 1 aliphatic rings. The number of amides is 2. The quantitative estimate of drug-likeness (QED) is 0.830. The van der Waals surface area contributed by atoms with Gasteiger partial charge >= 0.3 is 6.03 Å². The first-order valence-electron chi connectivity index (χ1n) is 6.49. The van der Waals surface area contributed by atoms with Crippen molar-refractivity contribution in [3.05, 3.63) is 29.3 Å². The van der Waals surface area contributed by atoms with Crippen LogP contribution >= 0.6 is 0 Å². The second-order valence-electron chi connectivity index (χ2n) is 5.18. The van der Waals surface area contributed by atoms with Gasteiger partial charge in [-0.05, 0) is 37.3 Å². The Morgan fingerprint density at radius 1 is 1.42 bits per heavy atom. The molecule has 1 saturated heterocycles. The first kappa shape index (κ1) is 13.8. The topological polar surface area (TPSA) is 32.3 Å². The van der Waals surface area contributed by atoms with Gasteiger partial charge in [-0.3, -0.25) is 0 Å². The van der Waals surface area contributed by atoms with E-state index in [1.54, 1.807) is 4.90 Å². The number of anilines is 1. The normalized spacial score (nSPS) is 19.4. The number of likely N-dealkylation sites (tertiary alicyclic amines) is 1. The maximum Gasteiger partial charge on any atom is 0.322 e. The number of piperidine rings is 1. The van der Waals surface area contributed by atoms with Crippen molar-refractivity contribution < 1.29 is 13.6 Å². The smallest absolute Gasteiger partial charge is 0.322 e. The van der Waals surface area contributed by atoms with E-state index >= 15 is 0 Å². The van der Waals surface area contributed by atoms with Crippen LogP contribution in [0, 0.1) is 24.5 Å². The number of carbonyl (C=O) groups is 1. The van der Waals surface area contributed by atoms with Gasteiger partial charge in [0, 0.05) is 13.1 Å². The lowest BCUT2D eigenvalue weighted by atomic mass is 10.0. The van der Waals surface area contributed by atoms with Crippen LogP contribution < -0.4 is 5.32 Å². The molecule has 1 heterocycles. The summed E-state index contributed by atoms with van der Waals surface area (Å²) >= 11 is 0. The average Bonchev–Trinajstić information content (AvgIpc) is 2.39. The first-order valence-corrected chi connectivity index (χ1v) is 6.49. The zero-order chi connectivity index (χ0) is 14.0. The zero-order valence-electron chi connectivity index (χ0n) is 11.2. The Labute approximate surface area is 111 Å². The summed E-state index contributed by atoms with van der Waals surface area (Å²) in [5.74, 6) is -1.04. The van der Waals surface area contributed by atoms with Crippen LogP contribution in [0.15, 0.2) is 12.1 Å². The van der Waals surface area contributed by atoms with E-state index in [1.165, 1.54) is 13.0 Å². The molecule has 0 saturated carbocycles. The minimum Gasteiger partial charge on any atom is -0.324 e. The standard InChI is InChI=1S/C14H18F2N2O/c1-9-4-3-7-18(8-9)14(19)17-13-11(15)6-5-10(2)12(13)16/h5-6,9H,3-4,7-8H2,1-2H3,(H,17,19). The van der Waals surface area contributed by atoms with Crippen molar-refractivity contribution in [2.75, 3.05) is 18.4 Å². The number of hydrogen-bond donors (Lipinski definition) is 1. The van der Waals surface area contributed by atoms with Crippen molar-refractivity contribution in [3.63, 3.8) is 0 Å². The van der Waals surface area contributed by atoms with Gasteiger partial charge in [0.2, 0.25) is 0 Å². The van der Waals surface area contributed by atoms with Gasteiger partial charge in [-0.1, -0.05) is 13.0 Å². The molecule has 3 nitrogen and oxygen atoms in total. The monoisotopic (exact) mass is 268 g/mol. The summed E-state index contributed by atoms with van der Waals surface area (Å²) in [6.07, 6.45) is 2.00. The zero-order valence-corrected chi connectivity index (χ0v) is 11.2. The number of benzene rings is 1. The summed E-state index contributed by atoms with van der Waals surface area (Å²) in [5, 5.41) is 2.35. The molecule has 1 aromatic rings. The van der Waals surface area contributed by atoms with Gasteiger partial charge in [-0.25, -0.2) is 13.6 Å². The molecule has 5 heteroatoms. The van der Waals surface area contributed by atoms with Gasteiger partial charge in [-0.2, -0.15) is 0 Å². The van der Waals surface area contributed by atoms with Crippen molar-refractivity contribution in [2.24, 2.45) is 5.92 Å². The molecule has 1 unspecified atom stereocenters. The molecule has 0 radical (unpaired) electrons. The van der Waals surface area contributed by atoms with E-state index < -0.39 is 17.7 Å². The predicted molar refractivity (Wildman–Crippen MR) is 70.1 cm³/mol. The van der Waals surface area contributed by atoms with Gasteiger partial charge < -0.3 is 10.2 Å². The molecule has 1 N–H and O–H groups in total. The number of nitrogens with one attached hydrogen (secondary N) is 1. The SMILES string of the molecule is Cc1ccc(F)c(NC(=O)N2CCCC(C)C2)c1F. The Morgan fingerprint density at radius 2 is 2.16 bits per heavy atom. The van der Waals surface area contributed by atoms with Crippen molar-refractivity contribution in [1.82, 2.24) is 4.90 Å². The molecule has 0 aliphatic carbocycles. The largest absolute Gasteiger partial charge is 0.324 e. The van der Waals surface area contributed by atoms with Crippen LogP contribution in [-0.2, 0) is 0 Å². The number of nitrogens with zero attached hydrogens (tertiary/aromatic N) is 1. The van der Waals surface area contributed by atoms with Crippen LogP contribution in [0.3, 0.4) is 0 Å². The number of hydrogen-bond acceptors (Lipinski definition) is 1. The van der Waals surface area contributed by atoms with Crippen LogP contribution in [-0.4, -0.2) is 24.0 Å². The number of rotatable bonds is 1. The van der Waals surface area contributed by atoms with Crippen LogP contribution in [0.1, 0.15) is 25.3 Å². The van der Waals surface area contributed by atoms with Gasteiger partial charge in [-0.15, -0.1) is 0 Å².